The topological polar surface area (TPSA) is 55.1 Å². The molecule has 0 amide bonds. The van der Waals surface area contributed by atoms with Crippen LogP contribution in [-0.2, 0) is 6.54 Å². The van der Waals surface area contributed by atoms with Gasteiger partial charge in [-0.3, -0.25) is 9.48 Å². The SMILES string of the molecule is CCCn1nc(C=O)c(O)c1C. The third kappa shape index (κ3) is 1.32. The third-order valence-corrected chi connectivity index (χ3v) is 1.75. The van der Waals surface area contributed by atoms with E-state index in [0.717, 1.165) is 13.0 Å². The number of carbonyl (C=O) groups is 1. The molecule has 0 aliphatic heterocycles. The van der Waals surface area contributed by atoms with Gasteiger partial charge in [-0.1, -0.05) is 6.92 Å². The van der Waals surface area contributed by atoms with Gasteiger partial charge in [0, 0.05) is 6.54 Å². The van der Waals surface area contributed by atoms with E-state index in [0.29, 0.717) is 12.0 Å². The highest BCUT2D eigenvalue weighted by atomic mass is 16.3. The van der Waals surface area contributed by atoms with E-state index >= 15 is 0 Å². The third-order valence-electron chi connectivity index (χ3n) is 1.75. The van der Waals surface area contributed by atoms with Crippen molar-refractivity contribution >= 4 is 6.29 Å². The van der Waals surface area contributed by atoms with Gasteiger partial charge in [-0.05, 0) is 13.3 Å². The average Bonchev–Trinajstić information content (AvgIpc) is 2.33. The highest BCUT2D eigenvalue weighted by Gasteiger charge is 2.11. The normalized spacial score (nSPS) is 10.2. The lowest BCUT2D eigenvalue weighted by Gasteiger charge is -1.99. The second kappa shape index (κ2) is 3.38. The highest BCUT2D eigenvalue weighted by molar-refractivity contribution is 5.76. The standard InChI is InChI=1S/C8H12N2O2/c1-3-4-10-6(2)8(12)7(5-11)9-10/h5,12H,3-4H2,1-2H3. The minimum absolute atomic E-state index is 0.00144. The van der Waals surface area contributed by atoms with Crippen LogP contribution in [-0.4, -0.2) is 21.2 Å². The van der Waals surface area contributed by atoms with E-state index in [9.17, 15) is 9.90 Å². The molecule has 0 saturated carbocycles. The molecule has 1 rings (SSSR count). The lowest BCUT2D eigenvalue weighted by Crippen LogP contribution is -2.01. The molecule has 0 aliphatic carbocycles. The van der Waals surface area contributed by atoms with E-state index in [1.54, 1.807) is 11.6 Å². The smallest absolute Gasteiger partial charge is 0.174 e. The van der Waals surface area contributed by atoms with Crippen molar-refractivity contribution in [2.24, 2.45) is 0 Å². The van der Waals surface area contributed by atoms with Gasteiger partial charge < -0.3 is 5.11 Å². The van der Waals surface area contributed by atoms with Crippen LogP contribution in [0.2, 0.25) is 0 Å². The summed E-state index contributed by atoms with van der Waals surface area (Å²) in [5, 5.41) is 13.2. The molecule has 4 nitrogen and oxygen atoms in total. The van der Waals surface area contributed by atoms with Crippen molar-refractivity contribution in [3.63, 3.8) is 0 Å². The van der Waals surface area contributed by atoms with E-state index in [-0.39, 0.29) is 11.4 Å². The summed E-state index contributed by atoms with van der Waals surface area (Å²) in [6, 6.07) is 0. The Hall–Kier alpha value is -1.32. The Labute approximate surface area is 70.8 Å². The summed E-state index contributed by atoms with van der Waals surface area (Å²) >= 11 is 0. The summed E-state index contributed by atoms with van der Waals surface area (Å²) in [7, 11) is 0. The first kappa shape index (κ1) is 8.77. The van der Waals surface area contributed by atoms with Gasteiger partial charge in [0.05, 0.1) is 5.69 Å². The zero-order valence-electron chi connectivity index (χ0n) is 7.24. The molecule has 0 atom stereocenters. The maximum atomic E-state index is 10.4. The number of aromatic nitrogens is 2. The van der Waals surface area contributed by atoms with E-state index in [1.807, 2.05) is 6.92 Å². The van der Waals surface area contributed by atoms with Crippen molar-refractivity contribution in [1.82, 2.24) is 9.78 Å². The van der Waals surface area contributed by atoms with Gasteiger partial charge in [0.25, 0.3) is 0 Å². The van der Waals surface area contributed by atoms with Gasteiger partial charge in [0.1, 0.15) is 0 Å². The molecule has 66 valence electrons. The molecule has 1 aromatic rings. The lowest BCUT2D eigenvalue weighted by atomic mass is 10.3. The lowest BCUT2D eigenvalue weighted by molar-refractivity contribution is 0.111. The van der Waals surface area contributed by atoms with Crippen LogP contribution >= 0.6 is 0 Å². The number of aldehydes is 1. The molecule has 4 heteroatoms. The Morgan fingerprint density at radius 1 is 1.67 bits per heavy atom. The van der Waals surface area contributed by atoms with Crippen molar-refractivity contribution in [1.29, 1.82) is 0 Å². The first-order valence-corrected chi connectivity index (χ1v) is 3.92. The number of aromatic hydroxyl groups is 1. The van der Waals surface area contributed by atoms with Gasteiger partial charge in [-0.15, -0.1) is 0 Å². The Kier molecular flexibility index (Phi) is 2.47. The number of aryl methyl sites for hydroxylation is 1. The fourth-order valence-corrected chi connectivity index (χ4v) is 1.07. The van der Waals surface area contributed by atoms with E-state index < -0.39 is 0 Å². The molecule has 0 aromatic carbocycles. The predicted molar refractivity (Wildman–Crippen MR) is 44.3 cm³/mol. The van der Waals surface area contributed by atoms with E-state index in [2.05, 4.69) is 5.10 Å². The van der Waals surface area contributed by atoms with Crippen LogP contribution in [0.1, 0.15) is 29.5 Å². The minimum atomic E-state index is -0.00144. The number of hydrogen-bond acceptors (Lipinski definition) is 3. The summed E-state index contributed by atoms with van der Waals surface area (Å²) in [6.07, 6.45) is 1.49. The van der Waals surface area contributed by atoms with Crippen molar-refractivity contribution in [3.8, 4) is 5.75 Å². The Balaban J connectivity index is 3.06. The number of rotatable bonds is 3. The van der Waals surface area contributed by atoms with Crippen molar-refractivity contribution in [2.75, 3.05) is 0 Å². The van der Waals surface area contributed by atoms with Gasteiger partial charge >= 0.3 is 0 Å². The minimum Gasteiger partial charge on any atom is -0.504 e. The molecule has 0 spiro atoms. The fraction of sp³-hybridized carbons (Fsp3) is 0.500. The highest BCUT2D eigenvalue weighted by Crippen LogP contribution is 2.19. The Morgan fingerprint density at radius 3 is 2.75 bits per heavy atom. The second-order valence-corrected chi connectivity index (χ2v) is 2.66. The van der Waals surface area contributed by atoms with Crippen LogP contribution in [0.15, 0.2) is 0 Å². The molecule has 0 aliphatic rings. The zero-order valence-corrected chi connectivity index (χ0v) is 7.24. The summed E-state index contributed by atoms with van der Waals surface area (Å²) in [5.41, 5.74) is 0.778. The molecule has 0 fully saturated rings. The monoisotopic (exact) mass is 168 g/mol. The largest absolute Gasteiger partial charge is 0.504 e. The number of nitrogens with zero attached hydrogens (tertiary/aromatic N) is 2. The van der Waals surface area contributed by atoms with Gasteiger partial charge in [0.2, 0.25) is 0 Å². The first-order chi connectivity index (χ1) is 5.70. The van der Waals surface area contributed by atoms with Crippen LogP contribution in [0.5, 0.6) is 5.75 Å². The van der Waals surface area contributed by atoms with Crippen molar-refractivity contribution in [2.45, 2.75) is 26.8 Å². The van der Waals surface area contributed by atoms with Gasteiger partial charge in [-0.2, -0.15) is 5.10 Å². The summed E-state index contributed by atoms with van der Waals surface area (Å²) < 4.78 is 1.64. The number of carbonyl (C=O) groups excluding carboxylic acids is 1. The molecule has 0 bridgehead atoms. The molecular formula is C8H12N2O2. The van der Waals surface area contributed by atoms with E-state index in [1.165, 1.54) is 0 Å². The van der Waals surface area contributed by atoms with Crippen LogP contribution in [0, 0.1) is 6.92 Å². The quantitative estimate of drug-likeness (QED) is 0.688. The fourth-order valence-electron chi connectivity index (χ4n) is 1.07. The van der Waals surface area contributed by atoms with Crippen LogP contribution in [0.25, 0.3) is 0 Å². The molecule has 1 aromatic heterocycles. The molecule has 12 heavy (non-hydrogen) atoms. The predicted octanol–water partition coefficient (Wildman–Crippen LogP) is 1.12. The summed E-state index contributed by atoms with van der Waals surface area (Å²) in [6.45, 7) is 4.48. The Bertz CT molecular complexity index is 291. The molecule has 0 radical (unpaired) electrons. The van der Waals surface area contributed by atoms with Crippen LogP contribution in [0.4, 0.5) is 0 Å². The summed E-state index contributed by atoms with van der Waals surface area (Å²) in [4.78, 5) is 10.4. The molecule has 0 saturated heterocycles. The maximum Gasteiger partial charge on any atom is 0.174 e. The van der Waals surface area contributed by atoms with E-state index in [4.69, 9.17) is 0 Å². The van der Waals surface area contributed by atoms with Gasteiger partial charge in [0.15, 0.2) is 17.7 Å². The molecular weight excluding hydrogens is 156 g/mol. The van der Waals surface area contributed by atoms with Crippen LogP contribution in [0.3, 0.4) is 0 Å². The molecule has 0 unspecified atom stereocenters. The molecule has 1 N–H and O–H groups in total. The Morgan fingerprint density at radius 2 is 2.33 bits per heavy atom. The summed E-state index contributed by atoms with van der Waals surface area (Å²) in [5.74, 6) is -0.00144. The second-order valence-electron chi connectivity index (χ2n) is 2.66. The van der Waals surface area contributed by atoms with Crippen molar-refractivity contribution in [3.05, 3.63) is 11.4 Å². The van der Waals surface area contributed by atoms with Crippen molar-refractivity contribution < 1.29 is 9.90 Å². The zero-order chi connectivity index (χ0) is 9.14. The number of hydrogen-bond donors (Lipinski definition) is 1. The van der Waals surface area contributed by atoms with Gasteiger partial charge in [-0.25, -0.2) is 0 Å². The first-order valence-electron chi connectivity index (χ1n) is 3.92. The molecule has 1 heterocycles. The average molecular weight is 168 g/mol. The maximum absolute atomic E-state index is 10.4. The van der Waals surface area contributed by atoms with Crippen LogP contribution < -0.4 is 0 Å².